The van der Waals surface area contributed by atoms with Crippen molar-refractivity contribution in [1.82, 2.24) is 25.6 Å². The number of carbonyl (C=O) groups excluding carboxylic acids is 1. The molecule has 1 aromatic rings. The number of aliphatic hydroxyl groups excluding tert-OH is 2. The zero-order valence-corrected chi connectivity index (χ0v) is 22.0. The van der Waals surface area contributed by atoms with Crippen molar-refractivity contribution >= 4 is 29.3 Å². The van der Waals surface area contributed by atoms with Gasteiger partial charge in [0.2, 0.25) is 5.91 Å². The third kappa shape index (κ3) is 8.06. The second kappa shape index (κ2) is 13.4. The van der Waals surface area contributed by atoms with Crippen LogP contribution in [0, 0.1) is 12.8 Å². The fourth-order valence-electron chi connectivity index (χ4n) is 4.98. The summed E-state index contributed by atoms with van der Waals surface area (Å²) in [6, 6.07) is -0.706. The van der Waals surface area contributed by atoms with E-state index in [1.165, 1.54) is 11.8 Å². The third-order valence-corrected chi connectivity index (χ3v) is 7.85. The summed E-state index contributed by atoms with van der Waals surface area (Å²) in [5, 5.41) is 35.2. The fraction of sp³-hybridized carbons (Fsp3) is 0.870. The first-order valence-corrected chi connectivity index (χ1v) is 14.1. The molecule has 3 rings (SSSR count). The number of halogens is 1. The Hall–Kier alpha value is -0.910. The SMILES string of the molecule is CSC1OC(C(CC(C)Cl)NC(=O)C2CCC(CCCn3cc(C)nn3)CCN2)C(O)CC1O. The quantitative estimate of drug-likeness (QED) is 0.347. The molecule has 2 saturated heterocycles. The van der Waals surface area contributed by atoms with Crippen LogP contribution in [0.1, 0.15) is 57.6 Å². The summed E-state index contributed by atoms with van der Waals surface area (Å²) in [6.45, 7) is 5.47. The van der Waals surface area contributed by atoms with Crippen LogP contribution in [-0.2, 0) is 16.1 Å². The van der Waals surface area contributed by atoms with E-state index in [1.54, 1.807) is 0 Å². The Bertz CT molecular complexity index is 769. The van der Waals surface area contributed by atoms with Gasteiger partial charge in [-0.1, -0.05) is 5.21 Å². The average Bonchev–Trinajstić information content (AvgIpc) is 3.04. The minimum Gasteiger partial charge on any atom is -0.390 e. The zero-order valence-electron chi connectivity index (χ0n) is 20.4. The molecule has 0 aromatic carbocycles. The molecular formula is C23H40ClN5O4S. The molecule has 0 saturated carbocycles. The summed E-state index contributed by atoms with van der Waals surface area (Å²) in [4.78, 5) is 13.2. The minimum absolute atomic E-state index is 0.0799. The van der Waals surface area contributed by atoms with E-state index in [0.29, 0.717) is 12.3 Å². The lowest BCUT2D eigenvalue weighted by Crippen LogP contribution is -2.58. The lowest BCUT2D eigenvalue weighted by atomic mass is 9.93. The van der Waals surface area contributed by atoms with Crippen LogP contribution < -0.4 is 10.6 Å². The molecule has 0 bridgehead atoms. The zero-order chi connectivity index (χ0) is 24.7. The van der Waals surface area contributed by atoms with Gasteiger partial charge in [0.25, 0.3) is 0 Å². The Morgan fingerprint density at radius 2 is 2.18 bits per heavy atom. The number of amides is 1. The van der Waals surface area contributed by atoms with E-state index in [4.69, 9.17) is 16.3 Å². The number of ether oxygens (including phenoxy) is 1. The first-order chi connectivity index (χ1) is 16.3. The Labute approximate surface area is 211 Å². The highest BCUT2D eigenvalue weighted by Gasteiger charge is 2.41. The Morgan fingerprint density at radius 3 is 2.85 bits per heavy atom. The standard InChI is InChI=1S/C23H40ClN5O4S/c1-14(24)11-18(21-19(30)12-20(31)23(33-21)34-3)26-22(32)17-7-6-16(8-9-25-17)5-4-10-29-13-15(2)27-28-29/h13-14,16-21,23,25,30-31H,4-12H2,1-3H3,(H,26,32). The van der Waals surface area contributed by atoms with Gasteiger partial charge in [0.05, 0.1) is 30.0 Å². The summed E-state index contributed by atoms with van der Waals surface area (Å²) < 4.78 is 7.88. The maximum Gasteiger partial charge on any atom is 0.237 e. The summed E-state index contributed by atoms with van der Waals surface area (Å²) in [7, 11) is 0. The molecule has 8 atom stereocenters. The van der Waals surface area contributed by atoms with Gasteiger partial charge in [-0.15, -0.1) is 28.5 Å². The monoisotopic (exact) mass is 517 g/mol. The van der Waals surface area contributed by atoms with E-state index in [0.717, 1.165) is 50.9 Å². The number of aryl methyl sites for hydroxylation is 2. The van der Waals surface area contributed by atoms with Gasteiger partial charge in [-0.3, -0.25) is 9.48 Å². The minimum atomic E-state index is -0.862. The molecule has 11 heteroatoms. The summed E-state index contributed by atoms with van der Waals surface area (Å²) >= 11 is 7.68. The highest BCUT2D eigenvalue weighted by atomic mass is 35.5. The van der Waals surface area contributed by atoms with Crippen molar-refractivity contribution in [3.63, 3.8) is 0 Å². The molecule has 34 heavy (non-hydrogen) atoms. The number of aromatic nitrogens is 3. The van der Waals surface area contributed by atoms with Gasteiger partial charge in [-0.2, -0.15) is 0 Å². The maximum atomic E-state index is 13.2. The van der Waals surface area contributed by atoms with Crippen LogP contribution in [0.5, 0.6) is 0 Å². The van der Waals surface area contributed by atoms with E-state index in [2.05, 4.69) is 20.9 Å². The lowest BCUT2D eigenvalue weighted by Gasteiger charge is -2.41. The fourth-order valence-corrected chi connectivity index (χ4v) is 5.84. The van der Waals surface area contributed by atoms with Crippen molar-refractivity contribution in [3.8, 4) is 0 Å². The van der Waals surface area contributed by atoms with Crippen LogP contribution >= 0.6 is 23.4 Å². The number of nitrogens with zero attached hydrogens (tertiary/aromatic N) is 3. The van der Waals surface area contributed by atoms with Crippen molar-refractivity contribution < 1.29 is 19.7 Å². The van der Waals surface area contributed by atoms with Gasteiger partial charge < -0.3 is 25.6 Å². The second-order valence-electron chi connectivity index (χ2n) is 9.71. The number of nitrogens with one attached hydrogen (secondary N) is 2. The molecule has 0 spiro atoms. The number of aliphatic hydroxyl groups is 2. The van der Waals surface area contributed by atoms with Crippen LogP contribution in [0.3, 0.4) is 0 Å². The van der Waals surface area contributed by atoms with Gasteiger partial charge in [0.15, 0.2) is 0 Å². The van der Waals surface area contributed by atoms with Crippen LogP contribution in [0.15, 0.2) is 6.20 Å². The van der Waals surface area contributed by atoms with Gasteiger partial charge in [-0.05, 0) is 71.1 Å². The van der Waals surface area contributed by atoms with Crippen molar-refractivity contribution in [1.29, 1.82) is 0 Å². The van der Waals surface area contributed by atoms with Gasteiger partial charge in [0, 0.05) is 24.5 Å². The van der Waals surface area contributed by atoms with Crippen molar-refractivity contribution in [3.05, 3.63) is 11.9 Å². The largest absolute Gasteiger partial charge is 0.390 e. The molecule has 4 N–H and O–H groups in total. The molecule has 8 unspecified atom stereocenters. The maximum absolute atomic E-state index is 13.2. The molecule has 1 aromatic heterocycles. The van der Waals surface area contributed by atoms with Crippen LogP contribution in [0.4, 0.5) is 0 Å². The number of hydrogen-bond acceptors (Lipinski definition) is 8. The van der Waals surface area contributed by atoms with Crippen LogP contribution in [0.2, 0.25) is 0 Å². The molecule has 9 nitrogen and oxygen atoms in total. The molecular weight excluding hydrogens is 478 g/mol. The predicted octanol–water partition coefficient (Wildman–Crippen LogP) is 1.83. The molecule has 2 fully saturated rings. The lowest BCUT2D eigenvalue weighted by molar-refractivity contribution is -0.152. The van der Waals surface area contributed by atoms with Crippen molar-refractivity contribution in [2.24, 2.45) is 5.92 Å². The van der Waals surface area contributed by atoms with Gasteiger partial charge in [0.1, 0.15) is 11.5 Å². The highest BCUT2D eigenvalue weighted by molar-refractivity contribution is 7.99. The Balaban J connectivity index is 1.51. The topological polar surface area (TPSA) is 122 Å². The smallest absolute Gasteiger partial charge is 0.237 e. The van der Waals surface area contributed by atoms with Crippen LogP contribution in [0.25, 0.3) is 0 Å². The second-order valence-corrected chi connectivity index (χ2v) is 11.4. The number of thioether (sulfide) groups is 1. The number of hydrogen-bond donors (Lipinski definition) is 4. The van der Waals surface area contributed by atoms with Crippen molar-refractivity contribution in [2.75, 3.05) is 12.8 Å². The third-order valence-electron chi connectivity index (χ3n) is 6.78. The molecule has 1 amide bonds. The predicted molar refractivity (Wildman–Crippen MR) is 134 cm³/mol. The van der Waals surface area contributed by atoms with E-state index in [9.17, 15) is 15.0 Å². The molecule has 0 aliphatic carbocycles. The summed E-state index contributed by atoms with van der Waals surface area (Å²) in [6.07, 6.45) is 7.25. The highest BCUT2D eigenvalue weighted by Crippen LogP contribution is 2.30. The Morgan fingerprint density at radius 1 is 1.38 bits per heavy atom. The molecule has 2 aliphatic rings. The molecule has 3 heterocycles. The molecule has 194 valence electrons. The normalized spacial score (nSPS) is 32.1. The van der Waals surface area contributed by atoms with E-state index < -0.39 is 29.8 Å². The molecule has 0 radical (unpaired) electrons. The number of rotatable bonds is 10. The van der Waals surface area contributed by atoms with Crippen molar-refractivity contribution in [2.45, 2.75) is 107 Å². The van der Waals surface area contributed by atoms with E-state index >= 15 is 0 Å². The number of carbonyl (C=O) groups is 1. The van der Waals surface area contributed by atoms with E-state index in [1.807, 2.05) is 31.0 Å². The van der Waals surface area contributed by atoms with E-state index in [-0.39, 0.29) is 23.7 Å². The Kier molecular flexibility index (Phi) is 10.9. The average molecular weight is 518 g/mol. The summed E-state index contributed by atoms with van der Waals surface area (Å²) in [5.41, 5.74) is 0.498. The van der Waals surface area contributed by atoms with Gasteiger partial charge >= 0.3 is 0 Å². The van der Waals surface area contributed by atoms with Crippen LogP contribution in [-0.4, -0.2) is 85.1 Å². The molecule has 2 aliphatic heterocycles. The summed E-state index contributed by atoms with van der Waals surface area (Å²) in [5.74, 6) is 0.490. The first kappa shape index (κ1) is 27.7. The number of alkyl halides is 1. The first-order valence-electron chi connectivity index (χ1n) is 12.4. The van der Waals surface area contributed by atoms with Gasteiger partial charge in [-0.25, -0.2) is 0 Å².